The number of hydrogen-bond acceptors (Lipinski definition) is 6. The number of halogens is 5. The first-order valence-electron chi connectivity index (χ1n) is 8.49. The summed E-state index contributed by atoms with van der Waals surface area (Å²) in [6, 6.07) is 5.09. The normalized spacial score (nSPS) is 12.2. The second-order valence-electron chi connectivity index (χ2n) is 5.65. The molecule has 2 aromatic rings. The van der Waals surface area contributed by atoms with E-state index in [4.69, 9.17) is 4.74 Å². The van der Waals surface area contributed by atoms with E-state index in [1.54, 1.807) is 18.2 Å². The molecule has 2 rings (SSSR count). The van der Waals surface area contributed by atoms with Gasteiger partial charge in [-0.3, -0.25) is 19.6 Å². The highest BCUT2D eigenvalue weighted by Gasteiger charge is 2.33. The van der Waals surface area contributed by atoms with E-state index in [-0.39, 0.29) is 19.2 Å². The Morgan fingerprint density at radius 2 is 1.93 bits per heavy atom. The third-order valence-electron chi connectivity index (χ3n) is 3.65. The maximum atomic E-state index is 14.4. The fourth-order valence-corrected chi connectivity index (χ4v) is 2.33. The first-order valence-corrected chi connectivity index (χ1v) is 8.49. The molecule has 0 fully saturated rings. The van der Waals surface area contributed by atoms with Crippen LogP contribution in [0.4, 0.5) is 22.0 Å². The molecule has 11 heteroatoms. The van der Waals surface area contributed by atoms with E-state index < -0.39 is 53.0 Å². The summed E-state index contributed by atoms with van der Waals surface area (Å²) in [5.41, 5.74) is -0.692. The molecule has 0 bridgehead atoms. The number of carbonyl (C=O) groups is 2. The molecule has 0 saturated carbocycles. The highest BCUT2D eigenvalue weighted by molar-refractivity contribution is 6.18. The van der Waals surface area contributed by atoms with Crippen LogP contribution >= 0.6 is 0 Å². The van der Waals surface area contributed by atoms with Gasteiger partial charge in [0, 0.05) is 12.4 Å². The van der Waals surface area contributed by atoms with Crippen LogP contribution < -0.4 is 4.74 Å². The first-order chi connectivity index (χ1) is 14.3. The Morgan fingerprint density at radius 3 is 2.53 bits per heavy atom. The minimum Gasteiger partial charge on any atom is -0.465 e. The Balaban J connectivity index is 2.40. The SMILES string of the molecule is CCOC(=O)C(C=NCc1ccccn1)C(=O)c1cc(F)c(F)c(OC(F)F)c1F. The van der Waals surface area contributed by atoms with Crippen molar-refractivity contribution >= 4 is 18.0 Å². The maximum Gasteiger partial charge on any atom is 0.387 e. The van der Waals surface area contributed by atoms with Gasteiger partial charge in [-0.15, -0.1) is 0 Å². The number of nitrogens with zero attached hydrogens (tertiary/aromatic N) is 2. The largest absolute Gasteiger partial charge is 0.465 e. The molecule has 0 amide bonds. The summed E-state index contributed by atoms with van der Waals surface area (Å²) < 4.78 is 75.0. The van der Waals surface area contributed by atoms with Crippen molar-refractivity contribution in [1.82, 2.24) is 4.98 Å². The van der Waals surface area contributed by atoms with Gasteiger partial charge in [0.15, 0.2) is 23.3 Å². The Labute approximate surface area is 167 Å². The van der Waals surface area contributed by atoms with Crippen LogP contribution in [-0.4, -0.2) is 36.2 Å². The summed E-state index contributed by atoms with van der Waals surface area (Å²) in [5, 5.41) is 0. The van der Waals surface area contributed by atoms with E-state index in [2.05, 4.69) is 14.7 Å². The van der Waals surface area contributed by atoms with Crippen LogP contribution in [0.5, 0.6) is 5.75 Å². The number of aromatic nitrogens is 1. The smallest absolute Gasteiger partial charge is 0.387 e. The summed E-state index contributed by atoms with van der Waals surface area (Å²) in [6.07, 6.45) is 2.32. The average Bonchev–Trinajstić information content (AvgIpc) is 2.71. The van der Waals surface area contributed by atoms with Crippen molar-refractivity contribution in [2.45, 2.75) is 20.1 Å². The highest BCUT2D eigenvalue weighted by Crippen LogP contribution is 2.30. The van der Waals surface area contributed by atoms with Crippen molar-refractivity contribution in [2.24, 2.45) is 10.9 Å². The number of alkyl halides is 2. The molecule has 0 aliphatic rings. The zero-order valence-corrected chi connectivity index (χ0v) is 15.5. The van der Waals surface area contributed by atoms with Crippen molar-refractivity contribution in [3.05, 3.63) is 59.2 Å². The number of ether oxygens (including phenoxy) is 2. The van der Waals surface area contributed by atoms with Crippen molar-refractivity contribution in [1.29, 1.82) is 0 Å². The maximum absolute atomic E-state index is 14.4. The second kappa shape index (κ2) is 10.4. The van der Waals surface area contributed by atoms with Crippen molar-refractivity contribution in [2.75, 3.05) is 6.61 Å². The highest BCUT2D eigenvalue weighted by atomic mass is 19.3. The van der Waals surface area contributed by atoms with Crippen LogP contribution in [0.15, 0.2) is 35.5 Å². The lowest BCUT2D eigenvalue weighted by atomic mass is 9.97. The Hall–Kier alpha value is -3.37. The van der Waals surface area contributed by atoms with E-state index in [9.17, 15) is 31.5 Å². The summed E-state index contributed by atoms with van der Waals surface area (Å²) in [7, 11) is 0. The number of hydrogen-bond donors (Lipinski definition) is 0. The van der Waals surface area contributed by atoms with Crippen molar-refractivity contribution < 1.29 is 41.0 Å². The molecule has 1 atom stereocenters. The van der Waals surface area contributed by atoms with Gasteiger partial charge in [-0.2, -0.15) is 13.2 Å². The summed E-state index contributed by atoms with van der Waals surface area (Å²) in [5.74, 6) is -11.9. The first kappa shape index (κ1) is 22.9. The topological polar surface area (TPSA) is 77.9 Å². The second-order valence-corrected chi connectivity index (χ2v) is 5.65. The summed E-state index contributed by atoms with van der Waals surface area (Å²) >= 11 is 0. The quantitative estimate of drug-likeness (QED) is 0.151. The number of pyridine rings is 1. The monoisotopic (exact) mass is 430 g/mol. The third kappa shape index (κ3) is 5.58. The predicted octanol–water partition coefficient (Wildman–Crippen LogP) is 3.73. The van der Waals surface area contributed by atoms with Gasteiger partial charge in [0.25, 0.3) is 0 Å². The van der Waals surface area contributed by atoms with E-state index in [1.807, 2.05) is 0 Å². The van der Waals surface area contributed by atoms with Crippen molar-refractivity contribution in [3.63, 3.8) is 0 Å². The molecule has 6 nitrogen and oxygen atoms in total. The average molecular weight is 430 g/mol. The van der Waals surface area contributed by atoms with E-state index >= 15 is 0 Å². The van der Waals surface area contributed by atoms with Gasteiger partial charge in [-0.1, -0.05) is 6.07 Å². The minimum absolute atomic E-state index is 0.0516. The van der Waals surface area contributed by atoms with Crippen LogP contribution in [-0.2, 0) is 16.1 Å². The van der Waals surface area contributed by atoms with E-state index in [0.717, 1.165) is 6.21 Å². The number of ketones is 1. The zero-order chi connectivity index (χ0) is 22.3. The van der Waals surface area contributed by atoms with Gasteiger partial charge in [-0.25, -0.2) is 8.78 Å². The number of esters is 1. The van der Waals surface area contributed by atoms with Crippen LogP contribution in [0.1, 0.15) is 23.0 Å². The van der Waals surface area contributed by atoms with Gasteiger partial charge in [0.05, 0.1) is 24.4 Å². The van der Waals surface area contributed by atoms with Crippen LogP contribution in [0, 0.1) is 23.4 Å². The summed E-state index contributed by atoms with van der Waals surface area (Å²) in [4.78, 5) is 32.6. The number of rotatable bonds is 9. The van der Waals surface area contributed by atoms with Crippen LogP contribution in [0.2, 0.25) is 0 Å². The molecule has 0 saturated heterocycles. The molecular weight excluding hydrogens is 415 g/mol. The lowest BCUT2D eigenvalue weighted by Crippen LogP contribution is -2.29. The Kier molecular flexibility index (Phi) is 7.96. The molecule has 1 heterocycles. The standard InChI is InChI=1S/C19H15F5N2O4/c1-2-29-18(28)12(9-25-8-10-5-3-4-6-26-10)16(27)11-7-13(20)15(22)17(14(11)21)30-19(23)24/h3-7,9,12,19H,2,8H2,1H3. The molecule has 30 heavy (non-hydrogen) atoms. The fraction of sp³-hybridized carbons (Fsp3) is 0.263. The molecule has 160 valence electrons. The number of carbonyl (C=O) groups excluding carboxylic acids is 2. The fourth-order valence-electron chi connectivity index (χ4n) is 2.33. The van der Waals surface area contributed by atoms with Gasteiger partial charge in [-0.05, 0) is 25.1 Å². The molecule has 1 aromatic heterocycles. The predicted molar refractivity (Wildman–Crippen MR) is 93.8 cm³/mol. The molecule has 0 aliphatic heterocycles. The molecule has 0 aliphatic carbocycles. The third-order valence-corrected chi connectivity index (χ3v) is 3.65. The zero-order valence-electron chi connectivity index (χ0n) is 15.5. The van der Waals surface area contributed by atoms with E-state index in [1.165, 1.54) is 13.1 Å². The van der Waals surface area contributed by atoms with Gasteiger partial charge < -0.3 is 9.47 Å². The number of Topliss-reactive ketones (excluding diaryl/α,β-unsaturated/α-hetero) is 1. The van der Waals surface area contributed by atoms with Crippen LogP contribution in [0.25, 0.3) is 0 Å². The lowest BCUT2D eigenvalue weighted by Gasteiger charge is -2.14. The minimum atomic E-state index is -3.68. The number of aliphatic imine (C=N–C) groups is 1. The van der Waals surface area contributed by atoms with Crippen LogP contribution in [0.3, 0.4) is 0 Å². The van der Waals surface area contributed by atoms with Gasteiger partial charge >= 0.3 is 12.6 Å². The van der Waals surface area contributed by atoms with E-state index in [0.29, 0.717) is 5.69 Å². The molecule has 1 unspecified atom stereocenters. The lowest BCUT2D eigenvalue weighted by molar-refractivity contribution is -0.144. The molecule has 0 N–H and O–H groups in total. The van der Waals surface area contributed by atoms with Crippen molar-refractivity contribution in [3.8, 4) is 5.75 Å². The Bertz CT molecular complexity index is 938. The molecule has 0 radical (unpaired) electrons. The Morgan fingerprint density at radius 1 is 1.20 bits per heavy atom. The molecular formula is C19H15F5N2O4. The molecule has 1 aromatic carbocycles. The summed E-state index contributed by atoms with van der Waals surface area (Å²) in [6.45, 7) is -2.43. The van der Waals surface area contributed by atoms with Gasteiger partial charge in [0.1, 0.15) is 0 Å². The number of benzene rings is 1. The molecule has 0 spiro atoms. The van der Waals surface area contributed by atoms with Gasteiger partial charge in [0.2, 0.25) is 11.6 Å².